The van der Waals surface area contributed by atoms with Crippen LogP contribution < -0.4 is 18.9 Å². The minimum Gasteiger partial charge on any atom is -0.493 e. The SMILES string of the molecule is COc1ccc(C2=NOC(C)(c3ccc(OC)c(OC)c3)C2)cc1OC. The van der Waals surface area contributed by atoms with E-state index in [-0.39, 0.29) is 0 Å². The zero-order chi connectivity index (χ0) is 18.7. The van der Waals surface area contributed by atoms with Crippen LogP contribution in [-0.4, -0.2) is 34.2 Å². The van der Waals surface area contributed by atoms with Gasteiger partial charge in [0.1, 0.15) is 0 Å². The summed E-state index contributed by atoms with van der Waals surface area (Å²) in [5.74, 6) is 2.68. The lowest BCUT2D eigenvalue weighted by Crippen LogP contribution is -2.22. The van der Waals surface area contributed by atoms with Crippen LogP contribution in [0.25, 0.3) is 0 Å². The molecule has 0 fully saturated rings. The maximum Gasteiger partial charge on any atom is 0.165 e. The topological polar surface area (TPSA) is 58.5 Å². The van der Waals surface area contributed by atoms with Crippen LogP contribution in [0.15, 0.2) is 41.6 Å². The van der Waals surface area contributed by atoms with Gasteiger partial charge in [-0.3, -0.25) is 0 Å². The van der Waals surface area contributed by atoms with E-state index in [1.165, 1.54) is 0 Å². The second-order valence-electron chi connectivity index (χ2n) is 6.18. The van der Waals surface area contributed by atoms with Gasteiger partial charge in [0.25, 0.3) is 0 Å². The van der Waals surface area contributed by atoms with Crippen LogP contribution in [0, 0.1) is 0 Å². The smallest absolute Gasteiger partial charge is 0.165 e. The molecule has 6 heteroatoms. The summed E-state index contributed by atoms with van der Waals surface area (Å²) in [5, 5.41) is 4.31. The van der Waals surface area contributed by atoms with Crippen LogP contribution in [0.1, 0.15) is 24.5 Å². The third kappa shape index (κ3) is 3.14. The van der Waals surface area contributed by atoms with E-state index in [2.05, 4.69) is 5.16 Å². The zero-order valence-electron chi connectivity index (χ0n) is 15.7. The molecule has 0 spiro atoms. The molecule has 2 aromatic carbocycles. The van der Waals surface area contributed by atoms with Crippen LogP contribution in [0.5, 0.6) is 23.0 Å². The van der Waals surface area contributed by atoms with Gasteiger partial charge in [-0.1, -0.05) is 11.2 Å². The molecule has 1 heterocycles. The molecular formula is C20H23NO5. The Morgan fingerprint density at radius 2 is 1.38 bits per heavy atom. The van der Waals surface area contributed by atoms with Gasteiger partial charge in [0, 0.05) is 17.5 Å². The molecule has 0 bridgehead atoms. The van der Waals surface area contributed by atoms with Crippen molar-refractivity contribution >= 4 is 5.71 Å². The molecule has 26 heavy (non-hydrogen) atoms. The van der Waals surface area contributed by atoms with Crippen molar-refractivity contribution in [2.45, 2.75) is 18.9 Å². The maximum atomic E-state index is 5.82. The Kier molecular flexibility index (Phi) is 4.93. The van der Waals surface area contributed by atoms with Crippen LogP contribution in [0.2, 0.25) is 0 Å². The summed E-state index contributed by atoms with van der Waals surface area (Å²) in [6.45, 7) is 2.01. The summed E-state index contributed by atoms with van der Waals surface area (Å²) in [5.41, 5.74) is 2.17. The van der Waals surface area contributed by atoms with Gasteiger partial charge in [-0.25, -0.2) is 0 Å². The number of nitrogens with zero attached hydrogens (tertiary/aromatic N) is 1. The third-order valence-corrected chi connectivity index (χ3v) is 4.57. The normalized spacial score (nSPS) is 18.7. The van der Waals surface area contributed by atoms with Crippen molar-refractivity contribution in [3.8, 4) is 23.0 Å². The molecule has 0 amide bonds. The summed E-state index contributed by atoms with van der Waals surface area (Å²) < 4.78 is 21.4. The van der Waals surface area contributed by atoms with Crippen LogP contribution >= 0.6 is 0 Å². The van der Waals surface area contributed by atoms with Crippen molar-refractivity contribution in [3.63, 3.8) is 0 Å². The van der Waals surface area contributed by atoms with Crippen molar-refractivity contribution in [2.75, 3.05) is 28.4 Å². The highest BCUT2D eigenvalue weighted by Gasteiger charge is 2.37. The molecule has 0 aliphatic carbocycles. The molecule has 1 aliphatic rings. The highest BCUT2D eigenvalue weighted by Crippen LogP contribution is 2.40. The number of benzene rings is 2. The molecule has 0 radical (unpaired) electrons. The van der Waals surface area contributed by atoms with E-state index in [0.29, 0.717) is 29.4 Å². The van der Waals surface area contributed by atoms with Gasteiger partial charge in [0.15, 0.2) is 28.6 Å². The highest BCUT2D eigenvalue weighted by molar-refractivity contribution is 6.02. The fraction of sp³-hybridized carbons (Fsp3) is 0.350. The Morgan fingerprint density at radius 1 is 0.808 bits per heavy atom. The fourth-order valence-corrected chi connectivity index (χ4v) is 3.03. The number of rotatable bonds is 6. The van der Waals surface area contributed by atoms with E-state index in [0.717, 1.165) is 16.8 Å². The van der Waals surface area contributed by atoms with E-state index in [1.807, 2.05) is 43.3 Å². The van der Waals surface area contributed by atoms with Crippen molar-refractivity contribution in [2.24, 2.45) is 5.16 Å². The Hall–Kier alpha value is -2.89. The molecular weight excluding hydrogens is 334 g/mol. The first kappa shape index (κ1) is 17.9. The van der Waals surface area contributed by atoms with Crippen LogP contribution in [0.3, 0.4) is 0 Å². The maximum absolute atomic E-state index is 5.82. The summed E-state index contributed by atoms with van der Waals surface area (Å²) >= 11 is 0. The highest BCUT2D eigenvalue weighted by atomic mass is 16.7. The number of oxime groups is 1. The monoisotopic (exact) mass is 357 g/mol. The van der Waals surface area contributed by atoms with Gasteiger partial charge >= 0.3 is 0 Å². The van der Waals surface area contributed by atoms with Gasteiger partial charge < -0.3 is 23.8 Å². The fourth-order valence-electron chi connectivity index (χ4n) is 3.03. The predicted molar refractivity (Wildman–Crippen MR) is 98.7 cm³/mol. The van der Waals surface area contributed by atoms with Crippen molar-refractivity contribution in [3.05, 3.63) is 47.5 Å². The standard InChI is InChI=1S/C20H23NO5/c1-20(14-7-9-17(23-3)19(11-14)25-5)12-15(21-26-20)13-6-8-16(22-2)18(10-13)24-4/h6-11H,12H2,1-5H3. The van der Waals surface area contributed by atoms with E-state index in [9.17, 15) is 0 Å². The number of ether oxygens (including phenoxy) is 4. The van der Waals surface area contributed by atoms with Gasteiger partial charge in [-0.05, 0) is 37.3 Å². The van der Waals surface area contributed by atoms with Crippen molar-refractivity contribution < 1.29 is 23.8 Å². The van der Waals surface area contributed by atoms with E-state index in [1.54, 1.807) is 28.4 Å². The molecule has 138 valence electrons. The van der Waals surface area contributed by atoms with E-state index < -0.39 is 5.60 Å². The number of hydrogen-bond donors (Lipinski definition) is 0. The summed E-state index contributed by atoms with van der Waals surface area (Å²) in [6.07, 6.45) is 0.623. The van der Waals surface area contributed by atoms with Gasteiger partial charge in [-0.15, -0.1) is 0 Å². The largest absolute Gasteiger partial charge is 0.493 e. The first-order chi connectivity index (χ1) is 12.5. The average molecular weight is 357 g/mol. The lowest BCUT2D eigenvalue weighted by molar-refractivity contribution is -0.00755. The lowest BCUT2D eigenvalue weighted by atomic mass is 9.89. The Bertz CT molecular complexity index is 833. The molecule has 3 rings (SSSR count). The van der Waals surface area contributed by atoms with E-state index >= 15 is 0 Å². The molecule has 6 nitrogen and oxygen atoms in total. The molecule has 1 atom stereocenters. The Labute approximate surface area is 153 Å². The zero-order valence-corrected chi connectivity index (χ0v) is 15.7. The quantitative estimate of drug-likeness (QED) is 0.788. The van der Waals surface area contributed by atoms with Gasteiger partial charge in [-0.2, -0.15) is 0 Å². The predicted octanol–water partition coefficient (Wildman–Crippen LogP) is 3.76. The second kappa shape index (κ2) is 7.15. The molecule has 0 aromatic heterocycles. The van der Waals surface area contributed by atoms with E-state index in [4.69, 9.17) is 23.8 Å². The summed E-state index contributed by atoms with van der Waals surface area (Å²) in [6, 6.07) is 11.5. The van der Waals surface area contributed by atoms with Crippen molar-refractivity contribution in [1.29, 1.82) is 0 Å². The Balaban J connectivity index is 1.87. The first-order valence-electron chi connectivity index (χ1n) is 8.24. The minimum absolute atomic E-state index is 0.581. The van der Waals surface area contributed by atoms with Crippen LogP contribution in [0.4, 0.5) is 0 Å². The number of methoxy groups -OCH3 is 4. The number of hydrogen-bond acceptors (Lipinski definition) is 6. The lowest BCUT2D eigenvalue weighted by Gasteiger charge is -2.23. The Morgan fingerprint density at radius 3 is 2.00 bits per heavy atom. The van der Waals surface area contributed by atoms with Crippen molar-refractivity contribution in [1.82, 2.24) is 0 Å². The second-order valence-corrected chi connectivity index (χ2v) is 6.18. The molecule has 0 saturated carbocycles. The third-order valence-electron chi connectivity index (χ3n) is 4.57. The molecule has 0 saturated heterocycles. The minimum atomic E-state index is -0.581. The van der Waals surface area contributed by atoms with Crippen LogP contribution in [-0.2, 0) is 10.4 Å². The molecule has 1 aliphatic heterocycles. The van der Waals surface area contributed by atoms with Gasteiger partial charge in [0.2, 0.25) is 0 Å². The molecule has 2 aromatic rings. The molecule has 0 N–H and O–H groups in total. The molecule has 1 unspecified atom stereocenters. The van der Waals surface area contributed by atoms with Gasteiger partial charge in [0.05, 0.1) is 34.2 Å². The average Bonchev–Trinajstić information content (AvgIpc) is 3.10. The first-order valence-corrected chi connectivity index (χ1v) is 8.24. The summed E-state index contributed by atoms with van der Waals surface area (Å²) in [7, 11) is 6.46. The summed E-state index contributed by atoms with van der Waals surface area (Å²) in [4.78, 5) is 5.82.